The lowest BCUT2D eigenvalue weighted by atomic mass is 10.1. The Hall–Kier alpha value is -1.91. The molecule has 1 aromatic rings. The Morgan fingerprint density at radius 3 is 3.07 bits per heavy atom. The van der Waals surface area contributed by atoms with E-state index in [2.05, 4.69) is 4.99 Å². The molecule has 0 aromatic heterocycles. The number of fused-ring (bicyclic) bond motifs is 1. The van der Waals surface area contributed by atoms with Gasteiger partial charge < -0.3 is 4.74 Å². The maximum atomic E-state index is 10.8. The van der Waals surface area contributed by atoms with Gasteiger partial charge in [-0.15, -0.1) is 0 Å². The first kappa shape index (κ1) is 9.64. The number of hydrogen-bond donors (Lipinski definition) is 0. The molecule has 0 saturated heterocycles. The predicted molar refractivity (Wildman–Crippen MR) is 55.6 cm³/mol. The fourth-order valence-corrected chi connectivity index (χ4v) is 1.54. The van der Waals surface area contributed by atoms with Gasteiger partial charge in [0.05, 0.1) is 18.1 Å². The highest BCUT2D eigenvalue weighted by molar-refractivity contribution is 5.86. The summed E-state index contributed by atoms with van der Waals surface area (Å²) in [6.07, 6.45) is 1.65. The first-order valence-electron chi connectivity index (χ1n) is 4.66. The second-order valence-corrected chi connectivity index (χ2v) is 3.18. The summed E-state index contributed by atoms with van der Waals surface area (Å²) in [6, 6.07) is 3.21. The van der Waals surface area contributed by atoms with E-state index in [-0.39, 0.29) is 5.69 Å². The van der Waals surface area contributed by atoms with Gasteiger partial charge >= 0.3 is 5.69 Å². The van der Waals surface area contributed by atoms with Crippen molar-refractivity contribution in [3.8, 4) is 5.75 Å². The lowest BCUT2D eigenvalue weighted by molar-refractivity contribution is -0.385. The Balaban J connectivity index is 2.50. The van der Waals surface area contributed by atoms with Crippen LogP contribution in [-0.4, -0.2) is 17.7 Å². The Morgan fingerprint density at radius 2 is 2.40 bits per heavy atom. The molecule has 0 aliphatic carbocycles. The lowest BCUT2D eigenvalue weighted by Gasteiger charge is -2.06. The Bertz CT molecular complexity index is 441. The quantitative estimate of drug-likeness (QED) is 0.560. The number of benzene rings is 1. The zero-order chi connectivity index (χ0) is 10.8. The van der Waals surface area contributed by atoms with Crippen molar-refractivity contribution in [1.29, 1.82) is 0 Å². The molecule has 0 bridgehead atoms. The summed E-state index contributed by atoms with van der Waals surface area (Å²) in [5, 5.41) is 10.8. The molecule has 5 heteroatoms. The summed E-state index contributed by atoms with van der Waals surface area (Å²) in [7, 11) is 0. The van der Waals surface area contributed by atoms with Crippen LogP contribution in [0.15, 0.2) is 17.1 Å². The van der Waals surface area contributed by atoms with E-state index >= 15 is 0 Å². The Kier molecular flexibility index (Phi) is 2.37. The van der Waals surface area contributed by atoms with Crippen LogP contribution in [0.5, 0.6) is 5.75 Å². The van der Waals surface area contributed by atoms with Crippen LogP contribution < -0.4 is 4.74 Å². The summed E-state index contributed by atoms with van der Waals surface area (Å²) >= 11 is 0. The first-order valence-corrected chi connectivity index (χ1v) is 4.66. The number of nitro groups is 1. The lowest BCUT2D eigenvalue weighted by Crippen LogP contribution is -1.99. The summed E-state index contributed by atoms with van der Waals surface area (Å²) < 4.78 is 5.23. The van der Waals surface area contributed by atoms with E-state index in [0.717, 1.165) is 11.1 Å². The highest BCUT2D eigenvalue weighted by Crippen LogP contribution is 2.32. The Labute approximate surface area is 86.5 Å². The molecular formula is C10H10N2O3. The van der Waals surface area contributed by atoms with Gasteiger partial charge in [0.15, 0.2) is 5.75 Å². The molecule has 1 heterocycles. The third kappa shape index (κ3) is 1.68. The van der Waals surface area contributed by atoms with Gasteiger partial charge in [-0.2, -0.15) is 0 Å². The largest absolute Gasteiger partial charge is 0.487 e. The van der Waals surface area contributed by atoms with Crippen LogP contribution in [0.4, 0.5) is 5.69 Å². The van der Waals surface area contributed by atoms with Crippen molar-refractivity contribution in [2.24, 2.45) is 4.99 Å². The molecule has 0 unspecified atom stereocenters. The van der Waals surface area contributed by atoms with E-state index in [4.69, 9.17) is 4.74 Å². The topological polar surface area (TPSA) is 64.7 Å². The zero-order valence-corrected chi connectivity index (χ0v) is 8.27. The van der Waals surface area contributed by atoms with Gasteiger partial charge in [-0.05, 0) is 18.6 Å². The molecule has 0 spiro atoms. The molecule has 2 rings (SSSR count). The van der Waals surface area contributed by atoms with Gasteiger partial charge in [-0.1, -0.05) is 0 Å². The van der Waals surface area contributed by atoms with E-state index in [1.165, 1.54) is 6.07 Å². The third-order valence-corrected chi connectivity index (χ3v) is 2.21. The molecule has 1 aromatic carbocycles. The normalized spacial score (nSPS) is 12.6. The van der Waals surface area contributed by atoms with Gasteiger partial charge in [0, 0.05) is 17.8 Å². The zero-order valence-electron chi connectivity index (χ0n) is 8.27. The smallest absolute Gasteiger partial charge is 0.311 e. The van der Waals surface area contributed by atoms with E-state index in [1.54, 1.807) is 19.2 Å². The minimum absolute atomic E-state index is 0.00366. The minimum atomic E-state index is -0.433. The summed E-state index contributed by atoms with van der Waals surface area (Å²) in [4.78, 5) is 14.4. The van der Waals surface area contributed by atoms with Crippen LogP contribution in [0.3, 0.4) is 0 Å². The number of aliphatic imine (C=N–C) groups is 1. The maximum Gasteiger partial charge on any atom is 0.311 e. The number of hydrogen-bond acceptors (Lipinski definition) is 4. The van der Waals surface area contributed by atoms with E-state index < -0.39 is 4.92 Å². The van der Waals surface area contributed by atoms with Crippen molar-refractivity contribution in [2.75, 3.05) is 6.61 Å². The molecule has 15 heavy (non-hydrogen) atoms. The molecule has 0 amide bonds. The van der Waals surface area contributed by atoms with Gasteiger partial charge in [-0.25, -0.2) is 0 Å². The van der Waals surface area contributed by atoms with Crippen molar-refractivity contribution >= 4 is 11.9 Å². The third-order valence-electron chi connectivity index (χ3n) is 2.21. The van der Waals surface area contributed by atoms with Crippen LogP contribution >= 0.6 is 0 Å². The Morgan fingerprint density at radius 1 is 1.60 bits per heavy atom. The predicted octanol–water partition coefficient (Wildman–Crippen LogP) is 1.93. The van der Waals surface area contributed by atoms with Crippen LogP contribution in [0, 0.1) is 10.1 Å². The fourth-order valence-electron chi connectivity index (χ4n) is 1.54. The van der Waals surface area contributed by atoms with Crippen molar-refractivity contribution in [3.63, 3.8) is 0 Å². The number of ether oxygens (including phenoxy) is 1. The average molecular weight is 206 g/mol. The summed E-state index contributed by atoms with van der Waals surface area (Å²) in [5.74, 6) is 0.326. The maximum absolute atomic E-state index is 10.8. The van der Waals surface area contributed by atoms with Gasteiger partial charge in [0.2, 0.25) is 0 Å². The van der Waals surface area contributed by atoms with Crippen LogP contribution in [0.25, 0.3) is 0 Å². The van der Waals surface area contributed by atoms with Crippen molar-refractivity contribution in [3.05, 3.63) is 33.4 Å². The molecule has 1 aliphatic rings. The van der Waals surface area contributed by atoms with Crippen LogP contribution in [0.2, 0.25) is 0 Å². The standard InChI is InChI=1S/C10H10N2O3/c1-2-15-10-4-8-6-11-5-7(8)3-9(10)12(13)14/h3-5H,2,6H2,1H3. The van der Waals surface area contributed by atoms with Crippen molar-refractivity contribution < 1.29 is 9.66 Å². The molecule has 0 saturated carbocycles. The summed E-state index contributed by atoms with van der Waals surface area (Å²) in [5.41, 5.74) is 1.79. The van der Waals surface area contributed by atoms with Crippen molar-refractivity contribution in [1.82, 2.24) is 0 Å². The van der Waals surface area contributed by atoms with Gasteiger partial charge in [0.1, 0.15) is 0 Å². The second kappa shape index (κ2) is 3.68. The molecule has 0 atom stereocenters. The van der Waals surface area contributed by atoms with Crippen LogP contribution in [0.1, 0.15) is 18.1 Å². The highest BCUT2D eigenvalue weighted by atomic mass is 16.6. The number of nitrogens with zero attached hydrogens (tertiary/aromatic N) is 2. The molecular weight excluding hydrogens is 196 g/mol. The van der Waals surface area contributed by atoms with E-state index in [9.17, 15) is 10.1 Å². The second-order valence-electron chi connectivity index (χ2n) is 3.18. The van der Waals surface area contributed by atoms with Gasteiger partial charge in [0.25, 0.3) is 0 Å². The highest BCUT2D eigenvalue weighted by Gasteiger charge is 2.20. The summed E-state index contributed by atoms with van der Waals surface area (Å²) in [6.45, 7) is 2.79. The SMILES string of the molecule is CCOc1cc2c(cc1[N+](=O)[O-])C=NC2. The van der Waals surface area contributed by atoms with Crippen molar-refractivity contribution in [2.45, 2.75) is 13.5 Å². The number of rotatable bonds is 3. The van der Waals surface area contributed by atoms with Gasteiger partial charge in [-0.3, -0.25) is 15.1 Å². The number of nitro benzene ring substituents is 1. The monoisotopic (exact) mass is 206 g/mol. The average Bonchev–Trinajstić information content (AvgIpc) is 2.63. The van der Waals surface area contributed by atoms with E-state index in [0.29, 0.717) is 18.9 Å². The molecule has 0 N–H and O–H groups in total. The minimum Gasteiger partial charge on any atom is -0.487 e. The molecule has 78 valence electrons. The first-order chi connectivity index (χ1) is 7.22. The van der Waals surface area contributed by atoms with E-state index in [1.807, 2.05) is 0 Å². The van der Waals surface area contributed by atoms with Crippen LogP contribution in [-0.2, 0) is 6.54 Å². The molecule has 0 radical (unpaired) electrons. The molecule has 5 nitrogen and oxygen atoms in total. The fraction of sp³-hybridized carbons (Fsp3) is 0.300. The molecule has 1 aliphatic heterocycles. The molecule has 0 fully saturated rings.